The molecule has 0 radical (unpaired) electrons. The third kappa shape index (κ3) is 5.51. The minimum absolute atomic E-state index is 0.219. The van der Waals surface area contributed by atoms with E-state index in [9.17, 15) is 13.2 Å². The van der Waals surface area contributed by atoms with Crippen molar-refractivity contribution >= 4 is 5.96 Å². The van der Waals surface area contributed by atoms with Crippen molar-refractivity contribution in [3.8, 4) is 0 Å². The molecule has 1 aromatic heterocycles. The summed E-state index contributed by atoms with van der Waals surface area (Å²) in [7, 11) is 1.58. The summed E-state index contributed by atoms with van der Waals surface area (Å²) >= 11 is 0. The zero-order chi connectivity index (χ0) is 18.4. The molecule has 0 unspecified atom stereocenters. The van der Waals surface area contributed by atoms with E-state index in [1.54, 1.807) is 13.1 Å². The highest BCUT2D eigenvalue weighted by Crippen LogP contribution is 2.29. The topological polar surface area (TPSA) is 62.5 Å². The number of rotatable bonds is 5. The summed E-state index contributed by atoms with van der Waals surface area (Å²) in [6.45, 7) is 4.63. The maximum atomic E-state index is 12.7. The molecule has 0 bridgehead atoms. The Morgan fingerprint density at radius 3 is 2.52 bits per heavy atom. The Bertz CT molecular complexity index is 723. The molecule has 0 aliphatic rings. The summed E-state index contributed by atoms with van der Waals surface area (Å²) in [6.07, 6.45) is -4.35. The van der Waals surface area contributed by atoms with Crippen LogP contribution in [0.1, 0.15) is 42.3 Å². The number of hydrogen-bond donors (Lipinski definition) is 2. The molecule has 0 saturated heterocycles. The molecule has 0 amide bonds. The van der Waals surface area contributed by atoms with E-state index in [2.05, 4.69) is 20.8 Å². The van der Waals surface area contributed by atoms with Crippen LogP contribution in [0.25, 0.3) is 0 Å². The Labute approximate surface area is 144 Å². The van der Waals surface area contributed by atoms with Gasteiger partial charge in [0.15, 0.2) is 11.7 Å². The van der Waals surface area contributed by atoms with Crippen LogP contribution in [0.15, 0.2) is 39.8 Å². The Morgan fingerprint density at radius 1 is 1.20 bits per heavy atom. The zero-order valence-electron chi connectivity index (χ0n) is 14.3. The van der Waals surface area contributed by atoms with Crippen molar-refractivity contribution in [3.05, 3.63) is 52.9 Å². The van der Waals surface area contributed by atoms with Crippen molar-refractivity contribution < 1.29 is 17.7 Å². The van der Waals surface area contributed by atoms with E-state index in [1.165, 1.54) is 6.07 Å². The van der Waals surface area contributed by atoms with Crippen molar-refractivity contribution in [2.45, 2.75) is 39.0 Å². The predicted molar refractivity (Wildman–Crippen MR) is 89.1 cm³/mol. The average Bonchev–Trinajstić information content (AvgIpc) is 3.04. The molecule has 0 spiro atoms. The largest absolute Gasteiger partial charge is 0.416 e. The number of guanidine groups is 1. The molecule has 8 heteroatoms. The van der Waals surface area contributed by atoms with Gasteiger partial charge in [-0.05, 0) is 23.6 Å². The van der Waals surface area contributed by atoms with Crippen LogP contribution in [0.3, 0.4) is 0 Å². The van der Waals surface area contributed by atoms with Crippen molar-refractivity contribution in [1.82, 2.24) is 15.8 Å². The minimum atomic E-state index is -4.35. The fourth-order valence-corrected chi connectivity index (χ4v) is 2.12. The lowest BCUT2D eigenvalue weighted by Crippen LogP contribution is -2.36. The van der Waals surface area contributed by atoms with Crippen molar-refractivity contribution in [3.63, 3.8) is 0 Å². The summed E-state index contributed by atoms with van der Waals surface area (Å²) < 4.78 is 43.4. The summed E-state index contributed by atoms with van der Waals surface area (Å²) in [5, 5.41) is 9.97. The van der Waals surface area contributed by atoms with Gasteiger partial charge in [-0.25, -0.2) is 0 Å². The summed E-state index contributed by atoms with van der Waals surface area (Å²) in [6, 6.07) is 7.04. The molecular weight excluding hydrogens is 333 g/mol. The van der Waals surface area contributed by atoms with Crippen LogP contribution in [0, 0.1) is 0 Å². The van der Waals surface area contributed by atoms with E-state index >= 15 is 0 Å². The Kier molecular flexibility index (Phi) is 6.06. The van der Waals surface area contributed by atoms with Crippen LogP contribution >= 0.6 is 0 Å². The lowest BCUT2D eigenvalue weighted by molar-refractivity contribution is -0.137. The maximum absolute atomic E-state index is 12.7. The van der Waals surface area contributed by atoms with Crippen LogP contribution in [0.5, 0.6) is 0 Å². The van der Waals surface area contributed by atoms with E-state index in [1.807, 2.05) is 19.9 Å². The van der Waals surface area contributed by atoms with Crippen molar-refractivity contribution in [2.75, 3.05) is 7.05 Å². The SMILES string of the molecule is CN=C(NCc1cccc(C(F)(F)F)c1)NCc1cc(C(C)C)no1. The van der Waals surface area contributed by atoms with Gasteiger partial charge in [0.25, 0.3) is 0 Å². The van der Waals surface area contributed by atoms with Crippen molar-refractivity contribution in [2.24, 2.45) is 4.99 Å². The van der Waals surface area contributed by atoms with Crippen LogP contribution in [-0.4, -0.2) is 18.2 Å². The van der Waals surface area contributed by atoms with Crippen LogP contribution in [0.2, 0.25) is 0 Å². The van der Waals surface area contributed by atoms with Crippen LogP contribution < -0.4 is 10.6 Å². The monoisotopic (exact) mass is 354 g/mol. The molecule has 1 aromatic carbocycles. The number of nitrogens with zero attached hydrogens (tertiary/aromatic N) is 2. The maximum Gasteiger partial charge on any atom is 0.416 e. The molecule has 136 valence electrons. The van der Waals surface area contributed by atoms with E-state index in [0.29, 0.717) is 23.8 Å². The number of aromatic nitrogens is 1. The smallest absolute Gasteiger partial charge is 0.359 e. The van der Waals surface area contributed by atoms with E-state index in [4.69, 9.17) is 4.52 Å². The molecule has 1 heterocycles. The number of alkyl halides is 3. The minimum Gasteiger partial charge on any atom is -0.359 e. The van der Waals surface area contributed by atoms with Crippen molar-refractivity contribution in [1.29, 1.82) is 0 Å². The normalized spacial score (nSPS) is 12.5. The van der Waals surface area contributed by atoms with E-state index < -0.39 is 11.7 Å². The first-order valence-corrected chi connectivity index (χ1v) is 7.85. The van der Waals surface area contributed by atoms with Gasteiger partial charge in [0.05, 0.1) is 17.8 Å². The summed E-state index contributed by atoms with van der Waals surface area (Å²) in [5.74, 6) is 1.39. The van der Waals surface area contributed by atoms with Crippen LogP contribution in [0.4, 0.5) is 13.2 Å². The molecule has 5 nitrogen and oxygen atoms in total. The van der Waals surface area contributed by atoms with E-state index in [0.717, 1.165) is 17.8 Å². The average molecular weight is 354 g/mol. The molecule has 2 rings (SSSR count). The second-order valence-corrected chi connectivity index (χ2v) is 5.85. The number of halogens is 3. The highest BCUT2D eigenvalue weighted by Gasteiger charge is 2.30. The summed E-state index contributed by atoms with van der Waals surface area (Å²) in [5.41, 5.74) is 0.709. The van der Waals surface area contributed by atoms with Gasteiger partial charge in [-0.3, -0.25) is 4.99 Å². The first kappa shape index (κ1) is 18.8. The van der Waals surface area contributed by atoms with Gasteiger partial charge < -0.3 is 15.2 Å². The van der Waals surface area contributed by atoms with Gasteiger partial charge >= 0.3 is 6.18 Å². The molecule has 0 aliphatic carbocycles. The lowest BCUT2D eigenvalue weighted by Gasteiger charge is -2.12. The van der Waals surface area contributed by atoms with Gasteiger partial charge in [0.2, 0.25) is 0 Å². The lowest BCUT2D eigenvalue weighted by atomic mass is 10.1. The summed E-state index contributed by atoms with van der Waals surface area (Å²) in [4.78, 5) is 4.04. The first-order valence-electron chi connectivity index (χ1n) is 7.85. The number of nitrogens with one attached hydrogen (secondary N) is 2. The Morgan fingerprint density at radius 2 is 1.92 bits per heavy atom. The molecule has 2 N–H and O–H groups in total. The van der Waals surface area contributed by atoms with Gasteiger partial charge in [-0.15, -0.1) is 0 Å². The standard InChI is InChI=1S/C17H21F3N4O/c1-11(2)15-8-14(25-24-15)10-23-16(21-3)22-9-12-5-4-6-13(7-12)17(18,19)20/h4-8,11H,9-10H2,1-3H3,(H2,21,22,23). The second-order valence-electron chi connectivity index (χ2n) is 5.85. The van der Waals surface area contributed by atoms with Gasteiger partial charge in [-0.1, -0.05) is 31.1 Å². The van der Waals surface area contributed by atoms with Gasteiger partial charge in [-0.2, -0.15) is 13.2 Å². The quantitative estimate of drug-likeness (QED) is 0.635. The van der Waals surface area contributed by atoms with Gasteiger partial charge in [0, 0.05) is 19.7 Å². The Hall–Kier alpha value is -2.51. The molecule has 25 heavy (non-hydrogen) atoms. The molecule has 0 saturated carbocycles. The number of hydrogen-bond acceptors (Lipinski definition) is 3. The van der Waals surface area contributed by atoms with Crippen LogP contribution in [-0.2, 0) is 19.3 Å². The van der Waals surface area contributed by atoms with E-state index in [-0.39, 0.29) is 12.5 Å². The molecule has 2 aromatic rings. The zero-order valence-corrected chi connectivity index (χ0v) is 14.3. The number of benzene rings is 1. The fourth-order valence-electron chi connectivity index (χ4n) is 2.12. The van der Waals surface area contributed by atoms with Gasteiger partial charge in [0.1, 0.15) is 0 Å². The molecule has 0 atom stereocenters. The second kappa shape index (κ2) is 8.04. The first-order chi connectivity index (χ1) is 11.8. The fraction of sp³-hybridized carbons (Fsp3) is 0.412. The highest BCUT2D eigenvalue weighted by molar-refractivity contribution is 5.79. The third-order valence-electron chi connectivity index (χ3n) is 3.54. The number of aliphatic imine (C=N–C) groups is 1. The molecule has 0 aliphatic heterocycles. The molecular formula is C17H21F3N4O. The third-order valence-corrected chi connectivity index (χ3v) is 3.54. The predicted octanol–water partition coefficient (Wildman–Crippen LogP) is 3.68. The highest BCUT2D eigenvalue weighted by atomic mass is 19.4. The Balaban J connectivity index is 1.90. The molecule has 0 fully saturated rings.